The van der Waals surface area contributed by atoms with Crippen molar-refractivity contribution >= 4 is 0 Å². The molecule has 0 N–H and O–H groups in total. The summed E-state index contributed by atoms with van der Waals surface area (Å²) in [4.78, 5) is 0. The van der Waals surface area contributed by atoms with Crippen LogP contribution < -0.4 is 4.74 Å². The summed E-state index contributed by atoms with van der Waals surface area (Å²) >= 11 is 0. The summed E-state index contributed by atoms with van der Waals surface area (Å²) < 4.78 is 4.92. The van der Waals surface area contributed by atoms with Crippen molar-refractivity contribution in [2.75, 3.05) is 7.11 Å². The fraction of sp³-hybridized carbons (Fsp3) is 0.250. The largest absolute Gasteiger partial charge is 0.496 e. The van der Waals surface area contributed by atoms with Crippen LogP contribution in [0.4, 0.5) is 0 Å². The first-order valence-electron chi connectivity index (χ1n) is 2.77. The van der Waals surface area contributed by atoms with Gasteiger partial charge in [0.2, 0.25) is 0 Å². The highest BCUT2D eigenvalue weighted by molar-refractivity contribution is 5.24. The summed E-state index contributed by atoms with van der Waals surface area (Å²) in [7, 11) is 1.63. The van der Waals surface area contributed by atoms with Crippen molar-refractivity contribution in [1.82, 2.24) is 0 Å². The Kier molecular flexibility index (Phi) is 1.73. The summed E-state index contributed by atoms with van der Waals surface area (Å²) in [6.45, 7) is 1.93. The van der Waals surface area contributed by atoms with Crippen LogP contribution in [0.5, 0.6) is 5.75 Å². The molecular formula is C8H8O. The summed E-state index contributed by atoms with van der Waals surface area (Å²) in [5, 5.41) is 0. The number of hydrogen-bond donors (Lipinski definition) is 0. The van der Waals surface area contributed by atoms with Crippen LogP contribution in [0.1, 0.15) is 5.56 Å². The molecule has 1 heteroatoms. The van der Waals surface area contributed by atoms with E-state index in [0.29, 0.717) is 0 Å². The van der Waals surface area contributed by atoms with E-state index in [1.807, 2.05) is 19.1 Å². The zero-order valence-corrected chi connectivity index (χ0v) is 5.56. The summed E-state index contributed by atoms with van der Waals surface area (Å²) in [6, 6.07) is 9.60. The Hall–Kier alpha value is -0.980. The molecule has 0 unspecified atom stereocenters. The molecule has 0 fully saturated rings. The van der Waals surface area contributed by atoms with Crippen LogP contribution >= 0.6 is 0 Å². The fourth-order valence-electron chi connectivity index (χ4n) is 0.624. The molecule has 1 aromatic carbocycles. The third-order valence-corrected chi connectivity index (χ3v) is 1.07. The third kappa shape index (κ3) is 1.46. The second-order valence-corrected chi connectivity index (χ2v) is 1.80. The highest BCUT2D eigenvalue weighted by Gasteiger charge is 1.88. The molecule has 1 rings (SSSR count). The van der Waals surface area contributed by atoms with Gasteiger partial charge in [0.05, 0.1) is 7.11 Å². The predicted molar refractivity (Wildman–Crippen MR) is 35.4 cm³/mol. The Morgan fingerprint density at radius 2 is 2.33 bits per heavy atom. The van der Waals surface area contributed by atoms with Crippen LogP contribution in [0.15, 0.2) is 12.1 Å². The average molecular weight is 120 g/mol. The van der Waals surface area contributed by atoms with Gasteiger partial charge < -0.3 is 4.74 Å². The Morgan fingerprint density at radius 1 is 1.56 bits per heavy atom. The normalized spacial score (nSPS) is 9.11. The lowest BCUT2D eigenvalue weighted by atomic mass is 10.2. The maximum Gasteiger partial charge on any atom is 0.127 e. The first kappa shape index (κ1) is 6.14. The predicted octanol–water partition coefficient (Wildman–Crippen LogP) is 1.60. The topological polar surface area (TPSA) is 9.23 Å². The average Bonchev–Trinajstić information content (AvgIpc) is 1.88. The van der Waals surface area contributed by atoms with E-state index in [1.54, 1.807) is 7.11 Å². The molecule has 0 aromatic heterocycles. The highest BCUT2D eigenvalue weighted by Crippen LogP contribution is 2.08. The smallest absolute Gasteiger partial charge is 0.127 e. The monoisotopic (exact) mass is 120 g/mol. The number of hydrogen-bond acceptors (Lipinski definition) is 1. The van der Waals surface area contributed by atoms with Crippen molar-refractivity contribution in [2.24, 2.45) is 0 Å². The van der Waals surface area contributed by atoms with Crippen molar-refractivity contribution in [2.45, 2.75) is 6.92 Å². The lowest BCUT2D eigenvalue weighted by Crippen LogP contribution is -1.82. The highest BCUT2D eigenvalue weighted by atomic mass is 16.5. The van der Waals surface area contributed by atoms with Gasteiger partial charge in [0.25, 0.3) is 0 Å². The van der Waals surface area contributed by atoms with E-state index in [4.69, 9.17) is 4.74 Å². The van der Waals surface area contributed by atoms with Crippen LogP contribution in [-0.2, 0) is 0 Å². The number of aryl methyl sites for hydroxylation is 1. The van der Waals surface area contributed by atoms with Gasteiger partial charge in [-0.05, 0) is 24.6 Å². The van der Waals surface area contributed by atoms with Gasteiger partial charge in [-0.25, -0.2) is 0 Å². The van der Waals surface area contributed by atoms with Gasteiger partial charge in [0.15, 0.2) is 0 Å². The molecule has 2 radical (unpaired) electrons. The minimum Gasteiger partial charge on any atom is -0.496 e. The van der Waals surface area contributed by atoms with E-state index in [9.17, 15) is 0 Å². The molecule has 0 aliphatic carbocycles. The molecule has 0 saturated carbocycles. The van der Waals surface area contributed by atoms with Crippen molar-refractivity contribution in [1.29, 1.82) is 0 Å². The fourth-order valence-corrected chi connectivity index (χ4v) is 0.624. The zero-order chi connectivity index (χ0) is 6.69. The van der Waals surface area contributed by atoms with E-state index in [0.717, 1.165) is 11.3 Å². The quantitative estimate of drug-likeness (QED) is 0.547. The van der Waals surface area contributed by atoms with E-state index in [1.165, 1.54) is 0 Å². The maximum atomic E-state index is 4.92. The van der Waals surface area contributed by atoms with Crippen LogP contribution in [0.3, 0.4) is 0 Å². The van der Waals surface area contributed by atoms with Gasteiger partial charge in [-0.3, -0.25) is 0 Å². The van der Waals surface area contributed by atoms with Gasteiger partial charge in [0.1, 0.15) is 5.75 Å². The molecule has 1 aromatic rings. The molecule has 0 bridgehead atoms. The first-order chi connectivity index (χ1) is 4.33. The zero-order valence-electron chi connectivity index (χ0n) is 5.56. The first-order valence-corrected chi connectivity index (χ1v) is 2.77. The third-order valence-electron chi connectivity index (χ3n) is 1.07. The van der Waals surface area contributed by atoms with Crippen LogP contribution in [0.2, 0.25) is 0 Å². The Labute approximate surface area is 55.3 Å². The van der Waals surface area contributed by atoms with Gasteiger partial charge in [-0.2, -0.15) is 0 Å². The molecule has 0 aliphatic rings. The molecule has 0 amide bonds. The summed E-state index contributed by atoms with van der Waals surface area (Å²) in [5.41, 5.74) is 0.981. The molecular weight excluding hydrogens is 112 g/mol. The number of ether oxygens (including phenoxy) is 1. The second-order valence-electron chi connectivity index (χ2n) is 1.80. The lowest BCUT2D eigenvalue weighted by Gasteiger charge is -1.96. The Bertz CT molecular complexity index is 194. The second kappa shape index (κ2) is 2.53. The number of rotatable bonds is 1. The van der Waals surface area contributed by atoms with Gasteiger partial charge in [-0.15, -0.1) is 0 Å². The van der Waals surface area contributed by atoms with E-state index < -0.39 is 0 Å². The molecule has 1 nitrogen and oxygen atoms in total. The van der Waals surface area contributed by atoms with Gasteiger partial charge in [0, 0.05) is 6.07 Å². The molecule has 46 valence electrons. The summed E-state index contributed by atoms with van der Waals surface area (Å²) in [5.74, 6) is 0.770. The van der Waals surface area contributed by atoms with Crippen LogP contribution in [-0.4, -0.2) is 7.11 Å². The molecule has 0 atom stereocenters. The number of methoxy groups -OCH3 is 1. The van der Waals surface area contributed by atoms with Crippen LogP contribution in [0, 0.1) is 19.1 Å². The minimum absolute atomic E-state index is 0.770. The van der Waals surface area contributed by atoms with Crippen molar-refractivity contribution < 1.29 is 4.74 Å². The SMILES string of the molecule is COc1[c]c(C)[c]cc1. The van der Waals surface area contributed by atoms with E-state index in [2.05, 4.69) is 12.1 Å². The van der Waals surface area contributed by atoms with Crippen molar-refractivity contribution in [3.63, 3.8) is 0 Å². The van der Waals surface area contributed by atoms with E-state index in [-0.39, 0.29) is 0 Å². The Balaban J connectivity index is 2.94. The maximum absolute atomic E-state index is 4.92. The molecule has 0 heterocycles. The standard InChI is InChI=1S/C8H8O/c1-7-4-3-5-8(6-7)9-2/h3,5H,1-2H3. The lowest BCUT2D eigenvalue weighted by molar-refractivity contribution is 0.413. The van der Waals surface area contributed by atoms with Crippen LogP contribution in [0.25, 0.3) is 0 Å². The molecule has 0 spiro atoms. The van der Waals surface area contributed by atoms with E-state index >= 15 is 0 Å². The molecule has 0 aliphatic heterocycles. The molecule has 0 saturated heterocycles. The minimum atomic E-state index is 0.770. The molecule has 9 heavy (non-hydrogen) atoms. The van der Waals surface area contributed by atoms with Crippen molar-refractivity contribution in [3.8, 4) is 5.75 Å². The van der Waals surface area contributed by atoms with Gasteiger partial charge in [-0.1, -0.05) is 6.07 Å². The number of benzene rings is 1. The van der Waals surface area contributed by atoms with Gasteiger partial charge >= 0.3 is 0 Å². The van der Waals surface area contributed by atoms with Crippen molar-refractivity contribution in [3.05, 3.63) is 29.8 Å². The Morgan fingerprint density at radius 3 is 2.78 bits per heavy atom. The summed E-state index contributed by atoms with van der Waals surface area (Å²) in [6.07, 6.45) is 0.